The van der Waals surface area contributed by atoms with Gasteiger partial charge in [-0.25, -0.2) is 0 Å². The van der Waals surface area contributed by atoms with Crippen LogP contribution < -0.4 is 10.2 Å². The van der Waals surface area contributed by atoms with Crippen molar-refractivity contribution >= 4 is 5.91 Å². The van der Waals surface area contributed by atoms with Crippen LogP contribution in [0, 0.1) is 0 Å². The first-order valence-electron chi connectivity index (χ1n) is 6.94. The van der Waals surface area contributed by atoms with Crippen molar-refractivity contribution in [3.8, 4) is 5.75 Å². The van der Waals surface area contributed by atoms with Gasteiger partial charge in [0.25, 0.3) is 5.91 Å². The summed E-state index contributed by atoms with van der Waals surface area (Å²) in [7, 11) is 3.24. The molecule has 0 saturated heterocycles. The highest BCUT2D eigenvalue weighted by molar-refractivity contribution is 5.96. The van der Waals surface area contributed by atoms with Crippen LogP contribution in [0.4, 0.5) is 0 Å². The zero-order chi connectivity index (χ0) is 14.8. The Hall–Kier alpha value is -1.78. The van der Waals surface area contributed by atoms with Gasteiger partial charge in [-0.15, -0.1) is 0 Å². The summed E-state index contributed by atoms with van der Waals surface area (Å²) in [5.41, 5.74) is 0.957. The maximum Gasteiger partial charge on any atom is 0.274 e. The molecule has 3 heterocycles. The summed E-state index contributed by atoms with van der Waals surface area (Å²) in [6.07, 6.45) is 0.922. The van der Waals surface area contributed by atoms with Crippen molar-refractivity contribution in [2.24, 2.45) is 0 Å². The van der Waals surface area contributed by atoms with E-state index in [0.29, 0.717) is 5.69 Å². The van der Waals surface area contributed by atoms with E-state index >= 15 is 0 Å². The second kappa shape index (κ2) is 3.87. The summed E-state index contributed by atoms with van der Waals surface area (Å²) in [6.45, 7) is 6.32. The molecule has 0 aliphatic carbocycles. The van der Waals surface area contributed by atoms with Crippen LogP contribution in [0.2, 0.25) is 0 Å². The first kappa shape index (κ1) is 13.2. The maximum atomic E-state index is 12.6. The number of aromatic nitrogens is 1. The van der Waals surface area contributed by atoms with E-state index in [1.54, 1.807) is 18.0 Å². The van der Waals surface area contributed by atoms with Crippen LogP contribution in [0.1, 0.15) is 49.3 Å². The summed E-state index contributed by atoms with van der Waals surface area (Å²) in [4.78, 5) is 26.5. The minimum Gasteiger partial charge on any atom is -0.491 e. The number of hydrogen-bond acceptors (Lipinski definition) is 3. The van der Waals surface area contributed by atoms with Crippen molar-refractivity contribution in [2.75, 3.05) is 14.2 Å². The molecule has 5 heteroatoms. The molecule has 108 valence electrons. The lowest BCUT2D eigenvalue weighted by atomic mass is 9.85. The molecule has 2 aliphatic heterocycles. The van der Waals surface area contributed by atoms with Gasteiger partial charge in [0.2, 0.25) is 5.43 Å². The second-order valence-corrected chi connectivity index (χ2v) is 6.21. The summed E-state index contributed by atoms with van der Waals surface area (Å²) in [5.74, 6) is 0.289. The number of pyridine rings is 1. The third-order valence-electron chi connectivity index (χ3n) is 5.14. The standard InChI is InChI=1S/C15H20N2O3/c1-8-7-15(3)9(2)16(4)14(19)12-13(20-5)11(18)6-10(8)17(12)15/h6,8-9H,7H2,1-5H3. The predicted octanol–water partition coefficient (Wildman–Crippen LogP) is 1.55. The van der Waals surface area contributed by atoms with Crippen LogP contribution >= 0.6 is 0 Å². The fourth-order valence-electron chi connectivity index (χ4n) is 3.85. The zero-order valence-corrected chi connectivity index (χ0v) is 12.6. The Bertz CT molecular complexity index is 664. The first-order chi connectivity index (χ1) is 9.32. The van der Waals surface area contributed by atoms with Gasteiger partial charge in [0.15, 0.2) is 11.4 Å². The van der Waals surface area contributed by atoms with Gasteiger partial charge in [-0.05, 0) is 26.2 Å². The first-order valence-corrected chi connectivity index (χ1v) is 6.94. The highest BCUT2D eigenvalue weighted by atomic mass is 16.5. The van der Waals surface area contributed by atoms with E-state index in [-0.39, 0.29) is 34.6 Å². The average molecular weight is 276 g/mol. The fraction of sp³-hybridized carbons (Fsp3) is 0.600. The monoisotopic (exact) mass is 276 g/mol. The molecular weight excluding hydrogens is 256 g/mol. The molecule has 2 aliphatic rings. The van der Waals surface area contributed by atoms with Crippen molar-refractivity contribution in [1.29, 1.82) is 0 Å². The molecule has 0 bridgehead atoms. The molecule has 1 amide bonds. The van der Waals surface area contributed by atoms with Crippen LogP contribution in [0.5, 0.6) is 5.75 Å². The van der Waals surface area contributed by atoms with Gasteiger partial charge in [0.05, 0.1) is 18.7 Å². The van der Waals surface area contributed by atoms with Crippen molar-refractivity contribution in [1.82, 2.24) is 9.47 Å². The third-order valence-corrected chi connectivity index (χ3v) is 5.14. The normalized spacial score (nSPS) is 31.4. The van der Waals surface area contributed by atoms with E-state index in [9.17, 15) is 9.59 Å². The van der Waals surface area contributed by atoms with Gasteiger partial charge in [-0.3, -0.25) is 9.59 Å². The Labute approximate surface area is 118 Å². The third kappa shape index (κ3) is 1.33. The van der Waals surface area contributed by atoms with E-state index < -0.39 is 0 Å². The molecule has 0 fully saturated rings. The molecule has 0 radical (unpaired) electrons. The van der Waals surface area contributed by atoms with Gasteiger partial charge < -0.3 is 14.2 Å². The smallest absolute Gasteiger partial charge is 0.274 e. The number of carbonyl (C=O) groups excluding carboxylic acids is 1. The Morgan fingerprint density at radius 1 is 1.35 bits per heavy atom. The Kier molecular flexibility index (Phi) is 2.56. The number of nitrogens with zero attached hydrogens (tertiary/aromatic N) is 2. The molecule has 3 rings (SSSR count). The number of hydrogen-bond donors (Lipinski definition) is 0. The molecule has 0 saturated carbocycles. The Morgan fingerprint density at radius 2 is 2.00 bits per heavy atom. The average Bonchev–Trinajstić information content (AvgIpc) is 2.66. The highest BCUT2D eigenvalue weighted by Crippen LogP contribution is 2.47. The predicted molar refractivity (Wildman–Crippen MR) is 75.5 cm³/mol. The zero-order valence-electron chi connectivity index (χ0n) is 12.6. The Morgan fingerprint density at radius 3 is 2.60 bits per heavy atom. The van der Waals surface area contributed by atoms with Crippen molar-refractivity contribution in [3.63, 3.8) is 0 Å². The van der Waals surface area contributed by atoms with E-state index in [0.717, 1.165) is 12.1 Å². The molecule has 0 N–H and O–H groups in total. The van der Waals surface area contributed by atoms with Crippen molar-refractivity contribution in [3.05, 3.63) is 27.7 Å². The van der Waals surface area contributed by atoms with Crippen LogP contribution in [-0.4, -0.2) is 35.6 Å². The molecule has 3 unspecified atom stereocenters. The minimum atomic E-state index is -0.207. The van der Waals surface area contributed by atoms with Crippen molar-refractivity contribution in [2.45, 2.75) is 44.7 Å². The molecule has 20 heavy (non-hydrogen) atoms. The van der Waals surface area contributed by atoms with Gasteiger partial charge in [0, 0.05) is 18.8 Å². The van der Waals surface area contributed by atoms with E-state index in [4.69, 9.17) is 4.74 Å². The lowest BCUT2D eigenvalue weighted by Gasteiger charge is -2.45. The number of rotatable bonds is 1. The Balaban J connectivity index is 2.45. The summed E-state index contributed by atoms with van der Waals surface area (Å²) >= 11 is 0. The molecule has 5 nitrogen and oxygen atoms in total. The van der Waals surface area contributed by atoms with Gasteiger partial charge in [-0.2, -0.15) is 0 Å². The minimum absolute atomic E-state index is 0.0819. The van der Waals surface area contributed by atoms with Gasteiger partial charge in [0.1, 0.15) is 0 Å². The van der Waals surface area contributed by atoms with Crippen LogP contribution in [0.15, 0.2) is 10.9 Å². The van der Waals surface area contributed by atoms with E-state index in [2.05, 4.69) is 20.8 Å². The molecule has 0 spiro atoms. The maximum absolute atomic E-state index is 12.6. The molecule has 3 atom stereocenters. The quantitative estimate of drug-likeness (QED) is 0.782. The molecule has 0 aromatic carbocycles. The number of carbonyl (C=O) groups is 1. The summed E-state index contributed by atoms with van der Waals surface area (Å²) < 4.78 is 7.27. The SMILES string of the molecule is COc1c2n3c(cc1=O)C(C)CC3(C)C(C)N(C)C2=O. The van der Waals surface area contributed by atoms with E-state index in [1.807, 2.05) is 4.57 Å². The topological polar surface area (TPSA) is 51.5 Å². The largest absolute Gasteiger partial charge is 0.491 e. The molecule has 1 aromatic rings. The molecule has 1 aromatic heterocycles. The summed E-state index contributed by atoms with van der Waals surface area (Å²) in [5, 5.41) is 0. The number of methoxy groups -OCH3 is 1. The van der Waals surface area contributed by atoms with E-state index in [1.165, 1.54) is 7.11 Å². The number of ether oxygens (including phenoxy) is 1. The second-order valence-electron chi connectivity index (χ2n) is 6.21. The number of likely N-dealkylation sites (N-methyl/N-ethyl adjacent to an activating group) is 1. The lowest BCUT2D eigenvalue weighted by molar-refractivity contribution is 0.0460. The molecular formula is C15H20N2O3. The fourth-order valence-corrected chi connectivity index (χ4v) is 3.85. The van der Waals surface area contributed by atoms with Crippen LogP contribution in [0.3, 0.4) is 0 Å². The number of amides is 1. The lowest BCUT2D eigenvalue weighted by Crippen LogP contribution is -2.56. The van der Waals surface area contributed by atoms with Crippen LogP contribution in [-0.2, 0) is 5.54 Å². The van der Waals surface area contributed by atoms with Gasteiger partial charge in [-0.1, -0.05) is 6.92 Å². The summed E-state index contributed by atoms with van der Waals surface area (Å²) in [6, 6.07) is 1.71. The highest BCUT2D eigenvalue weighted by Gasteiger charge is 2.51. The van der Waals surface area contributed by atoms with Crippen LogP contribution in [0.25, 0.3) is 0 Å². The van der Waals surface area contributed by atoms with Gasteiger partial charge >= 0.3 is 0 Å². The van der Waals surface area contributed by atoms with Crippen molar-refractivity contribution < 1.29 is 9.53 Å².